The van der Waals surface area contributed by atoms with Crippen LogP contribution in [0.5, 0.6) is 0 Å². The molecule has 0 saturated carbocycles. The van der Waals surface area contributed by atoms with Crippen LogP contribution in [0.3, 0.4) is 0 Å². The molecule has 1 fully saturated rings. The molecule has 1 saturated heterocycles. The lowest BCUT2D eigenvalue weighted by Gasteiger charge is -2.39. The van der Waals surface area contributed by atoms with E-state index >= 15 is 0 Å². The van der Waals surface area contributed by atoms with Gasteiger partial charge in [0.25, 0.3) is 0 Å². The Kier molecular flexibility index (Phi) is 9.42. The lowest BCUT2D eigenvalue weighted by Crippen LogP contribution is -2.53. The summed E-state index contributed by atoms with van der Waals surface area (Å²) in [4.78, 5) is 38.2. The van der Waals surface area contributed by atoms with E-state index in [2.05, 4.69) is 4.99 Å². The minimum atomic E-state index is -0.888. The highest BCUT2D eigenvalue weighted by Gasteiger charge is 2.44. The Morgan fingerprint density at radius 1 is 1.15 bits per heavy atom. The standard InChI is InChI=1S/C16H26N2O7S/c1-5-6-18-16(17)26-14-7-12(23-10(3)20)15(24-11(4)21)13(25-14)8-22-9(2)19/h12-15H,5-8H2,1-4H3,(H2,17,18). The summed E-state index contributed by atoms with van der Waals surface area (Å²) in [5.41, 5.74) is 5.38. The van der Waals surface area contributed by atoms with E-state index in [1.54, 1.807) is 0 Å². The van der Waals surface area contributed by atoms with E-state index in [1.807, 2.05) is 6.92 Å². The van der Waals surface area contributed by atoms with E-state index < -0.39 is 41.7 Å². The van der Waals surface area contributed by atoms with Gasteiger partial charge in [0.1, 0.15) is 24.3 Å². The largest absolute Gasteiger partial charge is 0.463 e. The molecule has 0 spiro atoms. The smallest absolute Gasteiger partial charge is 0.303 e. The molecule has 26 heavy (non-hydrogen) atoms. The Morgan fingerprint density at radius 3 is 2.35 bits per heavy atom. The van der Waals surface area contributed by atoms with Crippen LogP contribution in [0.25, 0.3) is 0 Å². The zero-order valence-corrected chi connectivity index (χ0v) is 16.2. The highest BCUT2D eigenvalue weighted by molar-refractivity contribution is 8.14. The summed E-state index contributed by atoms with van der Waals surface area (Å²) in [5.74, 6) is -1.58. The zero-order chi connectivity index (χ0) is 19.7. The third-order valence-corrected chi connectivity index (χ3v) is 4.23. The number of aliphatic imine (C=N–C) groups is 1. The molecule has 1 heterocycles. The number of rotatable bonds is 7. The normalized spacial score (nSPS) is 26.1. The average molecular weight is 390 g/mol. The second-order valence-electron chi connectivity index (χ2n) is 5.70. The van der Waals surface area contributed by atoms with Gasteiger partial charge in [-0.1, -0.05) is 18.7 Å². The first-order valence-corrected chi connectivity index (χ1v) is 9.20. The monoisotopic (exact) mass is 390 g/mol. The number of ether oxygens (including phenoxy) is 4. The van der Waals surface area contributed by atoms with E-state index in [9.17, 15) is 14.4 Å². The predicted molar refractivity (Wildman–Crippen MR) is 95.4 cm³/mol. The molecule has 1 aliphatic heterocycles. The number of carbonyl (C=O) groups excluding carboxylic acids is 3. The summed E-state index contributed by atoms with van der Waals surface area (Å²) in [5, 5.41) is 0.343. The average Bonchev–Trinajstić information content (AvgIpc) is 2.52. The van der Waals surface area contributed by atoms with Crippen LogP contribution in [-0.2, 0) is 33.3 Å². The summed E-state index contributed by atoms with van der Waals surface area (Å²) in [6.07, 6.45) is -1.32. The summed E-state index contributed by atoms with van der Waals surface area (Å²) < 4.78 is 21.4. The second-order valence-corrected chi connectivity index (χ2v) is 6.88. The Labute approximate surface area is 157 Å². The van der Waals surface area contributed by atoms with Crippen molar-refractivity contribution in [1.29, 1.82) is 0 Å². The van der Waals surface area contributed by atoms with Gasteiger partial charge in [-0.2, -0.15) is 0 Å². The second kappa shape index (κ2) is 11.0. The van der Waals surface area contributed by atoms with Gasteiger partial charge in [0.05, 0.1) is 0 Å². The summed E-state index contributed by atoms with van der Waals surface area (Å²) >= 11 is 1.18. The van der Waals surface area contributed by atoms with Crippen molar-refractivity contribution in [2.45, 2.75) is 64.3 Å². The molecule has 4 atom stereocenters. The SMILES string of the molecule is CCCN=C(N)SC1CC(OC(C)=O)C(OC(C)=O)C(COC(C)=O)O1. The number of thioether (sulfide) groups is 1. The summed E-state index contributed by atoms with van der Waals surface area (Å²) in [6.45, 7) is 6.19. The van der Waals surface area contributed by atoms with Gasteiger partial charge in [0.2, 0.25) is 0 Å². The quantitative estimate of drug-likeness (QED) is 0.293. The van der Waals surface area contributed by atoms with Crippen LogP contribution in [0.15, 0.2) is 4.99 Å². The van der Waals surface area contributed by atoms with Gasteiger partial charge in [0.15, 0.2) is 11.3 Å². The van der Waals surface area contributed by atoms with Crippen LogP contribution in [0.4, 0.5) is 0 Å². The van der Waals surface area contributed by atoms with Crippen molar-refractivity contribution in [3.05, 3.63) is 0 Å². The van der Waals surface area contributed by atoms with Crippen LogP contribution < -0.4 is 5.73 Å². The van der Waals surface area contributed by atoms with Crippen LogP contribution in [-0.4, -0.2) is 60.0 Å². The van der Waals surface area contributed by atoms with Crippen LogP contribution in [0.2, 0.25) is 0 Å². The molecule has 9 nitrogen and oxygen atoms in total. The van der Waals surface area contributed by atoms with Gasteiger partial charge in [-0.25, -0.2) is 0 Å². The van der Waals surface area contributed by atoms with E-state index in [1.165, 1.54) is 32.5 Å². The van der Waals surface area contributed by atoms with Crippen LogP contribution >= 0.6 is 11.8 Å². The number of esters is 3. The molecule has 1 rings (SSSR count). The Bertz CT molecular complexity index is 541. The van der Waals surface area contributed by atoms with Gasteiger partial charge >= 0.3 is 17.9 Å². The fourth-order valence-electron chi connectivity index (χ4n) is 2.37. The first-order chi connectivity index (χ1) is 12.2. The first kappa shape index (κ1) is 22.2. The van der Waals surface area contributed by atoms with E-state index in [0.717, 1.165) is 6.42 Å². The van der Waals surface area contributed by atoms with Crippen molar-refractivity contribution in [2.24, 2.45) is 10.7 Å². The number of hydrogen-bond donors (Lipinski definition) is 1. The molecule has 0 aromatic carbocycles. The molecule has 0 aromatic heterocycles. The summed E-state index contributed by atoms with van der Waals surface area (Å²) in [6, 6.07) is 0. The van der Waals surface area contributed by atoms with E-state index in [-0.39, 0.29) is 13.0 Å². The van der Waals surface area contributed by atoms with Crippen LogP contribution in [0, 0.1) is 0 Å². The molecule has 0 aromatic rings. The number of nitrogens with zero attached hydrogens (tertiary/aromatic N) is 1. The fraction of sp³-hybridized carbons (Fsp3) is 0.750. The van der Waals surface area contributed by atoms with Gasteiger partial charge in [-0.15, -0.1) is 0 Å². The third-order valence-electron chi connectivity index (χ3n) is 3.30. The molecule has 148 valence electrons. The number of amidine groups is 1. The van der Waals surface area contributed by atoms with Crippen LogP contribution in [0.1, 0.15) is 40.5 Å². The van der Waals surface area contributed by atoms with E-state index in [4.69, 9.17) is 24.7 Å². The number of nitrogens with two attached hydrogens (primary N) is 1. The minimum absolute atomic E-state index is 0.145. The highest BCUT2D eigenvalue weighted by atomic mass is 32.2. The number of hydrogen-bond acceptors (Lipinski definition) is 9. The third kappa shape index (κ3) is 8.05. The first-order valence-electron chi connectivity index (χ1n) is 8.32. The van der Waals surface area contributed by atoms with Crippen molar-refractivity contribution in [1.82, 2.24) is 0 Å². The van der Waals surface area contributed by atoms with Gasteiger partial charge in [-0.05, 0) is 6.42 Å². The molecule has 10 heteroatoms. The highest BCUT2D eigenvalue weighted by Crippen LogP contribution is 2.31. The van der Waals surface area contributed by atoms with Gasteiger partial charge in [0, 0.05) is 33.7 Å². The van der Waals surface area contributed by atoms with Crippen molar-refractivity contribution in [3.63, 3.8) is 0 Å². The molecule has 2 N–H and O–H groups in total. The number of carbonyl (C=O) groups is 3. The van der Waals surface area contributed by atoms with Crippen molar-refractivity contribution in [2.75, 3.05) is 13.2 Å². The van der Waals surface area contributed by atoms with Gasteiger partial charge < -0.3 is 24.7 Å². The van der Waals surface area contributed by atoms with E-state index in [0.29, 0.717) is 11.7 Å². The molecule has 4 unspecified atom stereocenters. The van der Waals surface area contributed by atoms with Crippen molar-refractivity contribution >= 4 is 34.8 Å². The summed E-state index contributed by atoms with van der Waals surface area (Å²) in [7, 11) is 0. The lowest BCUT2D eigenvalue weighted by atomic mass is 10.0. The molecule has 1 aliphatic rings. The van der Waals surface area contributed by atoms with Crippen molar-refractivity contribution < 1.29 is 33.3 Å². The maximum Gasteiger partial charge on any atom is 0.303 e. The topological polar surface area (TPSA) is 127 Å². The molecule has 0 bridgehead atoms. The molecule has 0 radical (unpaired) electrons. The predicted octanol–water partition coefficient (Wildman–Crippen LogP) is 0.986. The van der Waals surface area contributed by atoms with Gasteiger partial charge in [-0.3, -0.25) is 19.4 Å². The molecule has 0 amide bonds. The minimum Gasteiger partial charge on any atom is -0.463 e. The van der Waals surface area contributed by atoms with Crippen molar-refractivity contribution in [3.8, 4) is 0 Å². The Hall–Kier alpha value is -1.81. The maximum absolute atomic E-state index is 11.4. The molecular formula is C16H26N2O7S. The maximum atomic E-state index is 11.4. The Morgan fingerprint density at radius 2 is 1.81 bits per heavy atom. The molecular weight excluding hydrogens is 364 g/mol. The lowest BCUT2D eigenvalue weighted by molar-refractivity contribution is -0.204. The fourth-order valence-corrected chi connectivity index (χ4v) is 3.29. The zero-order valence-electron chi connectivity index (χ0n) is 15.4. The Balaban J connectivity index is 2.95. The molecule has 0 aliphatic carbocycles.